The second kappa shape index (κ2) is 7.95. The van der Waals surface area contributed by atoms with Crippen molar-refractivity contribution in [1.29, 1.82) is 0 Å². The highest BCUT2D eigenvalue weighted by molar-refractivity contribution is 5.28. The molecule has 23 heavy (non-hydrogen) atoms. The second-order valence-electron chi connectivity index (χ2n) is 6.09. The van der Waals surface area contributed by atoms with Crippen LogP contribution >= 0.6 is 0 Å². The highest BCUT2D eigenvalue weighted by Gasteiger charge is 2.34. The third-order valence-electron chi connectivity index (χ3n) is 4.48. The summed E-state index contributed by atoms with van der Waals surface area (Å²) in [7, 11) is 1.67. The average Bonchev–Trinajstić information content (AvgIpc) is 2.71. The van der Waals surface area contributed by atoms with E-state index in [4.69, 9.17) is 18.9 Å². The summed E-state index contributed by atoms with van der Waals surface area (Å²) < 4.78 is 23.5. The second-order valence-corrected chi connectivity index (χ2v) is 6.09. The Morgan fingerprint density at radius 1 is 1.13 bits per heavy atom. The van der Waals surface area contributed by atoms with Crippen LogP contribution in [0.25, 0.3) is 0 Å². The van der Waals surface area contributed by atoms with Gasteiger partial charge in [-0.25, -0.2) is 0 Å². The van der Waals surface area contributed by atoms with Crippen LogP contribution in [0.5, 0.6) is 5.75 Å². The lowest BCUT2D eigenvalue weighted by Gasteiger charge is -2.37. The number of ether oxygens (including phenoxy) is 4. The summed E-state index contributed by atoms with van der Waals surface area (Å²) in [5.41, 5.74) is 1.02. The van der Waals surface area contributed by atoms with Crippen LogP contribution in [0.4, 0.5) is 0 Å². The summed E-state index contributed by atoms with van der Waals surface area (Å²) in [6.45, 7) is 2.72. The van der Waals surface area contributed by atoms with Gasteiger partial charge < -0.3 is 18.9 Å². The molecule has 0 aromatic heterocycles. The minimum Gasteiger partial charge on any atom is -0.497 e. The minimum atomic E-state index is -0.320. The molecule has 0 radical (unpaired) electrons. The number of methoxy groups -OCH3 is 1. The summed E-state index contributed by atoms with van der Waals surface area (Å²) in [6, 6.07) is 7.86. The van der Waals surface area contributed by atoms with Crippen molar-refractivity contribution in [2.24, 2.45) is 0 Å². The number of benzene rings is 1. The Morgan fingerprint density at radius 2 is 1.96 bits per heavy atom. The Morgan fingerprint density at radius 3 is 2.70 bits per heavy atom. The molecule has 2 heterocycles. The number of allylic oxidation sites excluding steroid dienone is 1. The zero-order valence-electron chi connectivity index (χ0n) is 13.9. The molecule has 0 bridgehead atoms. The molecule has 4 heteroatoms. The van der Waals surface area contributed by atoms with Crippen molar-refractivity contribution < 1.29 is 18.9 Å². The predicted octanol–water partition coefficient (Wildman–Crippen LogP) is 4.01. The molecule has 0 aliphatic carbocycles. The first kappa shape index (κ1) is 16.5. The number of fused-ring (bicyclic) bond motifs is 1. The van der Waals surface area contributed by atoms with Crippen LogP contribution in [0.2, 0.25) is 0 Å². The molecule has 1 fully saturated rings. The van der Waals surface area contributed by atoms with Gasteiger partial charge >= 0.3 is 0 Å². The molecule has 0 saturated carbocycles. The Kier molecular flexibility index (Phi) is 5.70. The molecule has 4 nitrogen and oxygen atoms in total. The summed E-state index contributed by atoms with van der Waals surface area (Å²) in [5.74, 6) is 0.838. The summed E-state index contributed by atoms with van der Waals surface area (Å²) in [6.07, 6.45) is 8.52. The number of hydrogen-bond acceptors (Lipinski definition) is 4. The van der Waals surface area contributed by atoms with Crippen LogP contribution in [-0.2, 0) is 14.2 Å². The minimum absolute atomic E-state index is 0.0113. The Labute approximate surface area is 138 Å². The third kappa shape index (κ3) is 4.14. The fourth-order valence-electron chi connectivity index (χ4n) is 3.08. The number of rotatable bonds is 3. The quantitative estimate of drug-likeness (QED) is 0.789. The van der Waals surface area contributed by atoms with Crippen LogP contribution in [-0.4, -0.2) is 32.0 Å². The van der Waals surface area contributed by atoms with E-state index in [9.17, 15) is 0 Å². The van der Waals surface area contributed by atoms with Crippen LogP contribution in [0.1, 0.15) is 44.5 Å². The molecular formula is C19H26O4. The van der Waals surface area contributed by atoms with Gasteiger partial charge in [0.05, 0.1) is 25.9 Å². The summed E-state index contributed by atoms with van der Waals surface area (Å²) in [4.78, 5) is 0. The van der Waals surface area contributed by atoms with Gasteiger partial charge in [-0.3, -0.25) is 0 Å². The van der Waals surface area contributed by atoms with Crippen LogP contribution in [0, 0.1) is 0 Å². The molecular weight excluding hydrogens is 292 g/mol. The summed E-state index contributed by atoms with van der Waals surface area (Å²) >= 11 is 0. The maximum Gasteiger partial charge on any atom is 0.184 e. The molecule has 1 aromatic rings. The molecule has 1 saturated heterocycles. The predicted molar refractivity (Wildman–Crippen MR) is 88.5 cm³/mol. The Hall–Kier alpha value is -1.36. The van der Waals surface area contributed by atoms with E-state index < -0.39 is 0 Å². The molecule has 3 rings (SSSR count). The topological polar surface area (TPSA) is 36.9 Å². The van der Waals surface area contributed by atoms with Crippen molar-refractivity contribution in [1.82, 2.24) is 0 Å². The fourth-order valence-corrected chi connectivity index (χ4v) is 3.08. The first-order chi connectivity index (χ1) is 11.3. The SMILES string of the molecule is CC[C@@H]1/C=C\CCC[C@@H]2O[C@H](c3ccc(OC)cc3)OC[C@H]2O1. The van der Waals surface area contributed by atoms with Gasteiger partial charge in [-0.15, -0.1) is 0 Å². The fraction of sp³-hybridized carbons (Fsp3) is 0.579. The van der Waals surface area contributed by atoms with E-state index in [0.717, 1.165) is 37.0 Å². The zero-order valence-corrected chi connectivity index (χ0v) is 13.9. The lowest BCUT2D eigenvalue weighted by molar-refractivity contribution is -0.271. The van der Waals surface area contributed by atoms with Gasteiger partial charge in [-0.1, -0.05) is 31.2 Å². The van der Waals surface area contributed by atoms with Gasteiger partial charge in [0.25, 0.3) is 0 Å². The van der Waals surface area contributed by atoms with Crippen LogP contribution in [0.3, 0.4) is 0 Å². The third-order valence-corrected chi connectivity index (χ3v) is 4.48. The molecule has 4 atom stereocenters. The first-order valence-corrected chi connectivity index (χ1v) is 8.53. The molecule has 0 amide bonds. The molecule has 2 aliphatic heterocycles. The average molecular weight is 318 g/mol. The van der Waals surface area contributed by atoms with E-state index >= 15 is 0 Å². The van der Waals surface area contributed by atoms with Crippen molar-refractivity contribution >= 4 is 0 Å². The standard InChI is InChI=1S/C19H26O4/c1-3-15-7-5-4-6-8-17-18(22-15)13-21-19(23-17)14-9-11-16(20-2)12-10-14/h5,7,9-12,15,17-19H,3-4,6,8,13H2,1-2H3/b7-5-/t15-,17+,18-,19-/m1/s1. The monoisotopic (exact) mass is 318 g/mol. The van der Waals surface area contributed by atoms with Crippen molar-refractivity contribution in [3.63, 3.8) is 0 Å². The highest BCUT2D eigenvalue weighted by Crippen LogP contribution is 2.32. The van der Waals surface area contributed by atoms with Crippen LogP contribution < -0.4 is 4.74 Å². The molecule has 1 aromatic carbocycles. The molecule has 0 spiro atoms. The van der Waals surface area contributed by atoms with E-state index in [0.29, 0.717) is 6.61 Å². The lowest BCUT2D eigenvalue weighted by atomic mass is 10.1. The molecule has 2 aliphatic rings. The smallest absolute Gasteiger partial charge is 0.184 e. The van der Waals surface area contributed by atoms with E-state index in [1.807, 2.05) is 24.3 Å². The molecule has 126 valence electrons. The normalized spacial score (nSPS) is 33.0. The van der Waals surface area contributed by atoms with Gasteiger partial charge in [0, 0.05) is 5.56 Å². The lowest BCUT2D eigenvalue weighted by Crippen LogP contribution is -2.43. The number of hydrogen-bond donors (Lipinski definition) is 0. The largest absolute Gasteiger partial charge is 0.497 e. The van der Waals surface area contributed by atoms with E-state index in [2.05, 4.69) is 19.1 Å². The van der Waals surface area contributed by atoms with Crippen molar-refractivity contribution in [2.75, 3.05) is 13.7 Å². The zero-order chi connectivity index (χ0) is 16.1. The molecule has 0 unspecified atom stereocenters. The Bertz CT molecular complexity index is 511. The maximum absolute atomic E-state index is 6.22. The van der Waals surface area contributed by atoms with Gasteiger partial charge in [0.2, 0.25) is 0 Å². The maximum atomic E-state index is 6.22. The van der Waals surface area contributed by atoms with Gasteiger partial charge in [-0.05, 0) is 37.8 Å². The van der Waals surface area contributed by atoms with Gasteiger partial charge in [0.15, 0.2) is 6.29 Å². The van der Waals surface area contributed by atoms with E-state index in [1.165, 1.54) is 0 Å². The van der Waals surface area contributed by atoms with E-state index in [-0.39, 0.29) is 24.6 Å². The molecule has 0 N–H and O–H groups in total. The van der Waals surface area contributed by atoms with Crippen molar-refractivity contribution in [3.8, 4) is 5.75 Å². The van der Waals surface area contributed by atoms with Crippen molar-refractivity contribution in [2.45, 2.75) is 57.2 Å². The highest BCUT2D eigenvalue weighted by atomic mass is 16.7. The first-order valence-electron chi connectivity index (χ1n) is 8.53. The van der Waals surface area contributed by atoms with Crippen molar-refractivity contribution in [3.05, 3.63) is 42.0 Å². The summed E-state index contributed by atoms with van der Waals surface area (Å²) in [5, 5.41) is 0. The van der Waals surface area contributed by atoms with Gasteiger partial charge in [-0.2, -0.15) is 0 Å². The van der Waals surface area contributed by atoms with Crippen LogP contribution in [0.15, 0.2) is 36.4 Å². The Balaban J connectivity index is 1.68. The van der Waals surface area contributed by atoms with Gasteiger partial charge in [0.1, 0.15) is 11.9 Å². The van der Waals surface area contributed by atoms with E-state index in [1.54, 1.807) is 7.11 Å².